The van der Waals surface area contributed by atoms with Crippen molar-refractivity contribution in [3.05, 3.63) is 59.1 Å². The Morgan fingerprint density at radius 1 is 1.09 bits per heavy atom. The number of anilines is 1. The van der Waals surface area contributed by atoms with Gasteiger partial charge in [0.25, 0.3) is 0 Å². The smallest absolute Gasteiger partial charge is 0.339 e. The van der Waals surface area contributed by atoms with Crippen LogP contribution in [0.25, 0.3) is 0 Å². The van der Waals surface area contributed by atoms with Crippen molar-refractivity contribution in [3.63, 3.8) is 0 Å². The van der Waals surface area contributed by atoms with Crippen LogP contribution in [-0.4, -0.2) is 25.6 Å². The summed E-state index contributed by atoms with van der Waals surface area (Å²) in [6.45, 7) is 0.177. The van der Waals surface area contributed by atoms with Crippen molar-refractivity contribution >= 4 is 29.2 Å². The molecule has 23 heavy (non-hydrogen) atoms. The quantitative estimate of drug-likeness (QED) is 0.821. The van der Waals surface area contributed by atoms with Gasteiger partial charge in [0.2, 0.25) is 5.91 Å². The molecule has 0 saturated heterocycles. The fourth-order valence-corrected chi connectivity index (χ4v) is 2.10. The number of halogens is 1. The molecule has 2 aromatic carbocycles. The zero-order valence-corrected chi connectivity index (χ0v) is 13.3. The summed E-state index contributed by atoms with van der Waals surface area (Å²) in [6, 6.07) is 13.7. The van der Waals surface area contributed by atoms with E-state index in [1.807, 2.05) is 0 Å². The standard InChI is InChI=1S/C17H16ClNO4/c1-22-17(21)12-6-2-4-8-14(12)19-16(20)10-11-23-15-9-5-3-7-13(15)18/h2-9H,10-11H2,1H3,(H,19,20). The van der Waals surface area contributed by atoms with Gasteiger partial charge in [0.15, 0.2) is 0 Å². The van der Waals surface area contributed by atoms with Crippen molar-refractivity contribution in [1.29, 1.82) is 0 Å². The van der Waals surface area contributed by atoms with Crippen LogP contribution in [-0.2, 0) is 9.53 Å². The molecule has 2 rings (SSSR count). The first-order valence-electron chi connectivity index (χ1n) is 6.96. The van der Waals surface area contributed by atoms with E-state index in [0.29, 0.717) is 22.0 Å². The molecule has 0 aliphatic carbocycles. The Labute approximate surface area is 139 Å². The molecule has 0 aliphatic rings. The second-order valence-electron chi connectivity index (χ2n) is 4.61. The van der Waals surface area contributed by atoms with E-state index in [-0.39, 0.29) is 18.9 Å². The minimum Gasteiger partial charge on any atom is -0.491 e. The van der Waals surface area contributed by atoms with E-state index >= 15 is 0 Å². The number of rotatable bonds is 6. The van der Waals surface area contributed by atoms with Gasteiger partial charge in [-0.25, -0.2) is 4.79 Å². The van der Waals surface area contributed by atoms with Crippen molar-refractivity contribution in [1.82, 2.24) is 0 Å². The van der Waals surface area contributed by atoms with Crippen LogP contribution in [0.2, 0.25) is 5.02 Å². The molecule has 0 heterocycles. The maximum Gasteiger partial charge on any atom is 0.339 e. The predicted molar refractivity (Wildman–Crippen MR) is 88.0 cm³/mol. The molecule has 0 aromatic heterocycles. The van der Waals surface area contributed by atoms with Crippen molar-refractivity contribution in [3.8, 4) is 5.75 Å². The van der Waals surface area contributed by atoms with Gasteiger partial charge in [-0.1, -0.05) is 35.9 Å². The minimum absolute atomic E-state index is 0.126. The number of methoxy groups -OCH3 is 1. The summed E-state index contributed by atoms with van der Waals surface area (Å²) in [7, 11) is 1.29. The van der Waals surface area contributed by atoms with Crippen molar-refractivity contribution in [2.45, 2.75) is 6.42 Å². The summed E-state index contributed by atoms with van der Waals surface area (Å²) in [5.74, 6) is -0.251. The number of carbonyl (C=O) groups is 2. The summed E-state index contributed by atoms with van der Waals surface area (Å²) in [4.78, 5) is 23.6. The molecule has 1 amide bonds. The van der Waals surface area contributed by atoms with Crippen LogP contribution in [0.5, 0.6) is 5.75 Å². The third-order valence-electron chi connectivity index (χ3n) is 3.03. The largest absolute Gasteiger partial charge is 0.491 e. The molecule has 0 radical (unpaired) electrons. The third kappa shape index (κ3) is 4.72. The molecular formula is C17H16ClNO4. The Morgan fingerprint density at radius 3 is 2.52 bits per heavy atom. The molecule has 0 bridgehead atoms. The first-order chi connectivity index (χ1) is 11.1. The normalized spacial score (nSPS) is 10.0. The van der Waals surface area contributed by atoms with Crippen molar-refractivity contribution in [2.75, 3.05) is 19.0 Å². The second kappa shape index (κ2) is 8.19. The number of ether oxygens (including phenoxy) is 2. The van der Waals surface area contributed by atoms with E-state index in [4.69, 9.17) is 16.3 Å². The van der Waals surface area contributed by atoms with Crippen LogP contribution in [0, 0.1) is 0 Å². The highest BCUT2D eigenvalue weighted by Crippen LogP contribution is 2.23. The molecule has 0 atom stereocenters. The van der Waals surface area contributed by atoms with Crippen LogP contribution >= 0.6 is 11.6 Å². The van der Waals surface area contributed by atoms with Gasteiger partial charge in [-0.2, -0.15) is 0 Å². The summed E-state index contributed by atoms with van der Waals surface area (Å²) < 4.78 is 10.1. The molecule has 120 valence electrons. The molecule has 5 nitrogen and oxygen atoms in total. The Bertz CT molecular complexity index is 702. The van der Waals surface area contributed by atoms with Crippen LogP contribution in [0.4, 0.5) is 5.69 Å². The number of carbonyl (C=O) groups excluding carboxylic acids is 2. The Hall–Kier alpha value is -2.53. The number of hydrogen-bond donors (Lipinski definition) is 1. The van der Waals surface area contributed by atoms with Crippen molar-refractivity contribution in [2.24, 2.45) is 0 Å². The Morgan fingerprint density at radius 2 is 1.78 bits per heavy atom. The van der Waals surface area contributed by atoms with Gasteiger partial charge in [-0.3, -0.25) is 4.79 Å². The van der Waals surface area contributed by atoms with Gasteiger partial charge in [0, 0.05) is 0 Å². The van der Waals surface area contributed by atoms with Gasteiger partial charge >= 0.3 is 5.97 Å². The maximum absolute atomic E-state index is 12.0. The van der Waals surface area contributed by atoms with E-state index in [2.05, 4.69) is 10.1 Å². The lowest BCUT2D eigenvalue weighted by Gasteiger charge is -2.10. The first-order valence-corrected chi connectivity index (χ1v) is 7.34. The van der Waals surface area contributed by atoms with Crippen LogP contribution in [0.3, 0.4) is 0 Å². The lowest BCUT2D eigenvalue weighted by atomic mass is 10.1. The summed E-state index contributed by atoms with van der Waals surface area (Å²) in [6.07, 6.45) is 0.126. The molecule has 2 aromatic rings. The highest BCUT2D eigenvalue weighted by molar-refractivity contribution is 6.32. The maximum atomic E-state index is 12.0. The molecule has 0 fully saturated rings. The van der Waals surface area contributed by atoms with E-state index in [0.717, 1.165) is 0 Å². The fourth-order valence-electron chi connectivity index (χ4n) is 1.91. The molecule has 0 spiro atoms. The Balaban J connectivity index is 1.91. The summed E-state index contributed by atoms with van der Waals surface area (Å²) in [5, 5.41) is 3.16. The second-order valence-corrected chi connectivity index (χ2v) is 5.02. The third-order valence-corrected chi connectivity index (χ3v) is 3.34. The SMILES string of the molecule is COC(=O)c1ccccc1NC(=O)CCOc1ccccc1Cl. The van der Waals surface area contributed by atoms with E-state index < -0.39 is 5.97 Å². The lowest BCUT2D eigenvalue weighted by Crippen LogP contribution is -2.17. The summed E-state index contributed by atoms with van der Waals surface area (Å²) >= 11 is 5.96. The van der Waals surface area contributed by atoms with E-state index in [9.17, 15) is 9.59 Å². The van der Waals surface area contributed by atoms with E-state index in [1.165, 1.54) is 7.11 Å². The van der Waals surface area contributed by atoms with Gasteiger partial charge in [0.05, 0.1) is 36.4 Å². The fraction of sp³-hybridized carbons (Fsp3) is 0.176. The first kappa shape index (κ1) is 16.8. The number of benzene rings is 2. The average molecular weight is 334 g/mol. The molecule has 0 saturated carbocycles. The van der Waals surface area contributed by atoms with E-state index in [1.54, 1.807) is 48.5 Å². The molecule has 0 aliphatic heterocycles. The Kier molecular flexibility index (Phi) is 6.00. The average Bonchev–Trinajstić information content (AvgIpc) is 2.56. The number of hydrogen-bond acceptors (Lipinski definition) is 4. The molecule has 1 N–H and O–H groups in total. The number of amides is 1. The monoisotopic (exact) mass is 333 g/mol. The topological polar surface area (TPSA) is 64.6 Å². The highest BCUT2D eigenvalue weighted by atomic mass is 35.5. The molecule has 6 heteroatoms. The molecular weight excluding hydrogens is 318 g/mol. The number of esters is 1. The van der Waals surface area contributed by atoms with Crippen LogP contribution < -0.4 is 10.1 Å². The summed E-state index contributed by atoms with van der Waals surface area (Å²) in [5.41, 5.74) is 0.706. The lowest BCUT2D eigenvalue weighted by molar-refractivity contribution is -0.116. The van der Waals surface area contributed by atoms with Gasteiger partial charge in [0.1, 0.15) is 5.75 Å². The zero-order chi connectivity index (χ0) is 16.7. The zero-order valence-electron chi connectivity index (χ0n) is 12.5. The number of nitrogens with one attached hydrogen (secondary N) is 1. The van der Waals surface area contributed by atoms with Gasteiger partial charge in [-0.05, 0) is 24.3 Å². The van der Waals surface area contributed by atoms with Gasteiger partial charge < -0.3 is 14.8 Å². The van der Waals surface area contributed by atoms with Gasteiger partial charge in [-0.15, -0.1) is 0 Å². The highest BCUT2D eigenvalue weighted by Gasteiger charge is 2.13. The van der Waals surface area contributed by atoms with Crippen LogP contribution in [0.15, 0.2) is 48.5 Å². The minimum atomic E-state index is -0.506. The molecule has 0 unspecified atom stereocenters. The number of para-hydroxylation sites is 2. The van der Waals surface area contributed by atoms with Crippen molar-refractivity contribution < 1.29 is 19.1 Å². The van der Waals surface area contributed by atoms with Crippen LogP contribution in [0.1, 0.15) is 16.8 Å². The predicted octanol–water partition coefficient (Wildman–Crippen LogP) is 3.53.